The van der Waals surface area contributed by atoms with E-state index < -0.39 is 5.91 Å². The Bertz CT molecular complexity index is 1160. The van der Waals surface area contributed by atoms with Crippen LogP contribution in [0.2, 0.25) is 5.02 Å². The Morgan fingerprint density at radius 2 is 1.71 bits per heavy atom. The molecule has 4 rings (SSSR count). The molecule has 0 radical (unpaired) electrons. The second-order valence-corrected chi connectivity index (χ2v) is 7.76. The first-order valence-electron chi connectivity index (χ1n) is 9.94. The lowest BCUT2D eigenvalue weighted by atomic mass is 9.95. The SMILES string of the molecule is O=C(NO)c1ccc2c(c1)CN(C(=O)C(=Cc1ccccc1)c1ccccc1Cl)CC2. The summed E-state index contributed by atoms with van der Waals surface area (Å²) in [6.45, 7) is 0.936. The molecule has 2 amide bonds. The molecular weight excluding hydrogens is 412 g/mol. The van der Waals surface area contributed by atoms with Gasteiger partial charge in [0.25, 0.3) is 11.8 Å². The molecule has 0 unspecified atom stereocenters. The normalized spacial score (nSPS) is 13.5. The van der Waals surface area contributed by atoms with Crippen LogP contribution in [0.3, 0.4) is 0 Å². The number of nitrogens with zero attached hydrogens (tertiary/aromatic N) is 1. The summed E-state index contributed by atoms with van der Waals surface area (Å²) in [5, 5.41) is 9.42. The third-order valence-electron chi connectivity index (χ3n) is 5.37. The summed E-state index contributed by atoms with van der Waals surface area (Å²) in [6, 6.07) is 22.2. The number of carbonyl (C=O) groups excluding carboxylic acids is 2. The van der Waals surface area contributed by atoms with Gasteiger partial charge < -0.3 is 4.90 Å². The van der Waals surface area contributed by atoms with Gasteiger partial charge in [0.2, 0.25) is 0 Å². The van der Waals surface area contributed by atoms with E-state index in [0.29, 0.717) is 41.2 Å². The standard InChI is InChI=1S/C25H21ClN2O3/c26-23-9-5-4-8-21(23)22(14-17-6-2-1-3-7-17)25(30)28-13-12-18-10-11-19(24(29)27-31)15-20(18)16-28/h1-11,14-15,31H,12-13,16H2,(H,27,29). The fourth-order valence-corrected chi connectivity index (χ4v) is 3.99. The Morgan fingerprint density at radius 1 is 0.968 bits per heavy atom. The molecule has 0 spiro atoms. The molecule has 156 valence electrons. The van der Waals surface area contributed by atoms with Gasteiger partial charge in [0.15, 0.2) is 0 Å². The summed E-state index contributed by atoms with van der Waals surface area (Å²) in [5.74, 6) is -0.702. The van der Waals surface area contributed by atoms with Crippen LogP contribution in [0.1, 0.15) is 32.6 Å². The fraction of sp³-hybridized carbons (Fsp3) is 0.120. The molecule has 1 aliphatic heterocycles. The van der Waals surface area contributed by atoms with Crippen molar-refractivity contribution in [3.05, 3.63) is 106 Å². The number of halogens is 1. The molecule has 0 saturated heterocycles. The molecular formula is C25H21ClN2O3. The number of hydroxylamine groups is 1. The van der Waals surface area contributed by atoms with Crippen molar-refractivity contribution in [1.29, 1.82) is 0 Å². The van der Waals surface area contributed by atoms with Crippen molar-refractivity contribution >= 4 is 35.1 Å². The molecule has 0 bridgehead atoms. The number of hydrogen-bond donors (Lipinski definition) is 2. The number of hydrogen-bond acceptors (Lipinski definition) is 3. The van der Waals surface area contributed by atoms with E-state index in [9.17, 15) is 9.59 Å². The Hall–Kier alpha value is -3.41. The van der Waals surface area contributed by atoms with Gasteiger partial charge in [0, 0.05) is 34.8 Å². The zero-order valence-electron chi connectivity index (χ0n) is 16.7. The smallest absolute Gasteiger partial charge is 0.274 e. The van der Waals surface area contributed by atoms with E-state index >= 15 is 0 Å². The van der Waals surface area contributed by atoms with Crippen LogP contribution in [-0.2, 0) is 17.8 Å². The van der Waals surface area contributed by atoms with Crippen LogP contribution < -0.4 is 5.48 Å². The Kier molecular flexibility index (Phi) is 6.16. The topological polar surface area (TPSA) is 69.6 Å². The van der Waals surface area contributed by atoms with Crippen molar-refractivity contribution in [2.24, 2.45) is 0 Å². The average Bonchev–Trinajstić information content (AvgIpc) is 2.82. The number of fused-ring (bicyclic) bond motifs is 1. The van der Waals surface area contributed by atoms with Crippen LogP contribution in [0.4, 0.5) is 0 Å². The summed E-state index contributed by atoms with van der Waals surface area (Å²) in [7, 11) is 0. The lowest BCUT2D eigenvalue weighted by Crippen LogP contribution is -2.36. The fourth-order valence-electron chi connectivity index (χ4n) is 3.76. The number of amides is 2. The molecule has 0 saturated carbocycles. The van der Waals surface area contributed by atoms with Crippen molar-refractivity contribution in [3.8, 4) is 0 Å². The van der Waals surface area contributed by atoms with Gasteiger partial charge >= 0.3 is 0 Å². The zero-order chi connectivity index (χ0) is 21.8. The van der Waals surface area contributed by atoms with E-state index in [4.69, 9.17) is 16.8 Å². The zero-order valence-corrected chi connectivity index (χ0v) is 17.5. The first-order chi connectivity index (χ1) is 15.1. The molecule has 0 aliphatic carbocycles. The maximum atomic E-state index is 13.6. The Labute approximate surface area is 185 Å². The van der Waals surface area contributed by atoms with E-state index in [0.717, 1.165) is 16.7 Å². The highest BCUT2D eigenvalue weighted by Crippen LogP contribution is 2.30. The Morgan fingerprint density at radius 3 is 2.45 bits per heavy atom. The number of carbonyl (C=O) groups is 2. The lowest BCUT2D eigenvalue weighted by Gasteiger charge is -2.30. The van der Waals surface area contributed by atoms with Crippen LogP contribution in [0.15, 0.2) is 72.8 Å². The highest BCUT2D eigenvalue weighted by molar-refractivity contribution is 6.36. The molecule has 1 heterocycles. The van der Waals surface area contributed by atoms with Crippen LogP contribution in [0, 0.1) is 0 Å². The van der Waals surface area contributed by atoms with Gasteiger partial charge in [0.1, 0.15) is 0 Å². The molecule has 2 N–H and O–H groups in total. The summed E-state index contributed by atoms with van der Waals surface area (Å²) in [5.41, 5.74) is 6.08. The van der Waals surface area contributed by atoms with Crippen molar-refractivity contribution in [2.75, 3.05) is 6.54 Å². The third kappa shape index (κ3) is 4.53. The summed E-state index contributed by atoms with van der Waals surface area (Å²) >= 11 is 6.44. The largest absolute Gasteiger partial charge is 0.334 e. The van der Waals surface area contributed by atoms with Crippen molar-refractivity contribution in [2.45, 2.75) is 13.0 Å². The van der Waals surface area contributed by atoms with Gasteiger partial charge in [-0.3, -0.25) is 14.8 Å². The number of benzene rings is 3. The maximum absolute atomic E-state index is 13.6. The van der Waals surface area contributed by atoms with Crippen LogP contribution >= 0.6 is 11.6 Å². The second kappa shape index (κ2) is 9.16. The molecule has 0 fully saturated rings. The monoisotopic (exact) mass is 432 g/mol. The minimum absolute atomic E-state index is 0.125. The van der Waals surface area contributed by atoms with Gasteiger partial charge in [-0.15, -0.1) is 0 Å². The van der Waals surface area contributed by atoms with Crippen molar-refractivity contribution < 1.29 is 14.8 Å². The lowest BCUT2D eigenvalue weighted by molar-refractivity contribution is -0.125. The molecule has 1 aliphatic rings. The first kappa shape index (κ1) is 20.8. The first-order valence-corrected chi connectivity index (χ1v) is 10.3. The summed E-state index contributed by atoms with van der Waals surface area (Å²) < 4.78 is 0. The molecule has 3 aromatic rings. The van der Waals surface area contributed by atoms with Gasteiger partial charge in [-0.1, -0.05) is 66.2 Å². The molecule has 0 atom stereocenters. The van der Waals surface area contributed by atoms with Gasteiger partial charge in [-0.2, -0.15) is 0 Å². The van der Waals surface area contributed by atoms with E-state index in [1.165, 1.54) is 0 Å². The van der Waals surface area contributed by atoms with Crippen LogP contribution in [-0.4, -0.2) is 28.5 Å². The second-order valence-electron chi connectivity index (χ2n) is 7.35. The number of rotatable bonds is 4. The molecule has 6 heteroatoms. The van der Waals surface area contributed by atoms with E-state index in [-0.39, 0.29) is 5.91 Å². The number of nitrogens with one attached hydrogen (secondary N) is 1. The van der Waals surface area contributed by atoms with Crippen LogP contribution in [0.5, 0.6) is 0 Å². The van der Waals surface area contributed by atoms with Crippen molar-refractivity contribution in [3.63, 3.8) is 0 Å². The van der Waals surface area contributed by atoms with Gasteiger partial charge in [-0.05, 0) is 47.4 Å². The molecule has 5 nitrogen and oxygen atoms in total. The van der Waals surface area contributed by atoms with E-state index in [1.54, 1.807) is 28.6 Å². The Balaban J connectivity index is 1.69. The molecule has 31 heavy (non-hydrogen) atoms. The highest BCUT2D eigenvalue weighted by atomic mass is 35.5. The molecule has 3 aromatic carbocycles. The highest BCUT2D eigenvalue weighted by Gasteiger charge is 2.26. The molecule has 0 aromatic heterocycles. The minimum atomic E-state index is -0.577. The third-order valence-corrected chi connectivity index (χ3v) is 5.70. The predicted octanol–water partition coefficient (Wildman–Crippen LogP) is 4.58. The minimum Gasteiger partial charge on any atom is -0.334 e. The van der Waals surface area contributed by atoms with Crippen LogP contribution in [0.25, 0.3) is 11.6 Å². The van der Waals surface area contributed by atoms with E-state index in [1.807, 2.05) is 60.7 Å². The maximum Gasteiger partial charge on any atom is 0.274 e. The van der Waals surface area contributed by atoms with Gasteiger partial charge in [0.05, 0.1) is 0 Å². The summed E-state index contributed by atoms with van der Waals surface area (Å²) in [4.78, 5) is 27.2. The van der Waals surface area contributed by atoms with E-state index in [2.05, 4.69) is 0 Å². The summed E-state index contributed by atoms with van der Waals surface area (Å²) in [6.07, 6.45) is 2.54. The average molecular weight is 433 g/mol. The quantitative estimate of drug-likeness (QED) is 0.274. The van der Waals surface area contributed by atoms with Crippen molar-refractivity contribution in [1.82, 2.24) is 10.4 Å². The van der Waals surface area contributed by atoms with Gasteiger partial charge in [-0.25, -0.2) is 5.48 Å². The predicted molar refractivity (Wildman–Crippen MR) is 121 cm³/mol.